The number of pyridine rings is 1. The summed E-state index contributed by atoms with van der Waals surface area (Å²) < 4.78 is 5.51. The van der Waals surface area contributed by atoms with Crippen LogP contribution in [-0.4, -0.2) is 51.9 Å². The highest BCUT2D eigenvalue weighted by molar-refractivity contribution is 5.82. The lowest BCUT2D eigenvalue weighted by Gasteiger charge is -2.31. The van der Waals surface area contributed by atoms with Crippen molar-refractivity contribution in [1.82, 2.24) is 21.1 Å². The fraction of sp³-hybridized carbons (Fsp3) is 0.441. The minimum atomic E-state index is -0.977. The Kier molecular flexibility index (Phi) is 13.1. The monoisotopic (exact) mass is 590 g/mol. The van der Waals surface area contributed by atoms with Gasteiger partial charge in [0.1, 0.15) is 18.2 Å². The van der Waals surface area contributed by atoms with Gasteiger partial charge in [-0.25, -0.2) is 4.79 Å². The van der Waals surface area contributed by atoms with Crippen molar-refractivity contribution in [2.24, 2.45) is 5.92 Å². The van der Waals surface area contributed by atoms with E-state index < -0.39 is 35.9 Å². The van der Waals surface area contributed by atoms with Crippen LogP contribution in [0.1, 0.15) is 57.9 Å². The second-order valence-electron chi connectivity index (χ2n) is 12.1. The Morgan fingerprint density at radius 2 is 1.47 bits per heavy atom. The van der Waals surface area contributed by atoms with Gasteiger partial charge in [-0.15, -0.1) is 0 Å². The second kappa shape index (κ2) is 16.7. The summed E-state index contributed by atoms with van der Waals surface area (Å²) in [5, 5.41) is 17.6. The summed E-state index contributed by atoms with van der Waals surface area (Å²) in [6.07, 6.45) is 1.23. The van der Waals surface area contributed by atoms with Crippen molar-refractivity contribution in [2.75, 3.05) is 0 Å². The largest absolute Gasteiger partial charge is 0.444 e. The molecule has 1 aromatic heterocycles. The van der Waals surface area contributed by atoms with E-state index >= 15 is 0 Å². The standard InChI is InChI=1S/C34H46N4O5/c1-24(2)31(38-42-23-27-18-12-13-19-35-27)32(40)37-29(21-26-16-10-7-11-17-26)30(39)22-28(20-25-14-8-6-9-15-25)36-33(41)43-34(3,4)5/h6-19,24,28-31,38-39H,20-23H2,1-5H3,(H,36,41)(H,37,40)/t28-,29-,30-,31-/m0/s1. The number of carbonyl (C=O) groups is 2. The summed E-state index contributed by atoms with van der Waals surface area (Å²) >= 11 is 0. The molecular formula is C34H46N4O5. The molecule has 1 heterocycles. The maximum Gasteiger partial charge on any atom is 0.407 e. The number of hydrogen-bond acceptors (Lipinski definition) is 7. The van der Waals surface area contributed by atoms with Crippen molar-refractivity contribution >= 4 is 12.0 Å². The van der Waals surface area contributed by atoms with Gasteiger partial charge in [-0.05, 0) is 69.2 Å². The molecule has 0 aliphatic rings. The van der Waals surface area contributed by atoms with Gasteiger partial charge < -0.3 is 20.5 Å². The number of aliphatic hydroxyl groups is 1. The Morgan fingerprint density at radius 1 is 0.860 bits per heavy atom. The predicted octanol–water partition coefficient (Wildman–Crippen LogP) is 4.74. The number of aliphatic hydroxyl groups excluding tert-OH is 1. The molecule has 9 heteroatoms. The van der Waals surface area contributed by atoms with Gasteiger partial charge in [0.15, 0.2) is 0 Å². The first-order valence-corrected chi connectivity index (χ1v) is 14.8. The normalized spacial score (nSPS) is 14.4. The number of alkyl carbamates (subject to hydrolysis) is 1. The van der Waals surface area contributed by atoms with E-state index in [4.69, 9.17) is 9.57 Å². The Balaban J connectivity index is 1.75. The summed E-state index contributed by atoms with van der Waals surface area (Å²) in [4.78, 5) is 36.2. The quantitative estimate of drug-likeness (QED) is 0.189. The molecule has 2 aromatic carbocycles. The molecule has 9 nitrogen and oxygen atoms in total. The fourth-order valence-corrected chi connectivity index (χ4v) is 4.63. The van der Waals surface area contributed by atoms with Gasteiger partial charge in [0.05, 0.1) is 17.8 Å². The van der Waals surface area contributed by atoms with Crippen molar-refractivity contribution in [3.8, 4) is 0 Å². The molecular weight excluding hydrogens is 544 g/mol. The smallest absolute Gasteiger partial charge is 0.407 e. The minimum absolute atomic E-state index is 0.0992. The Morgan fingerprint density at radius 3 is 2.02 bits per heavy atom. The van der Waals surface area contributed by atoms with E-state index in [0.29, 0.717) is 12.8 Å². The topological polar surface area (TPSA) is 122 Å². The highest BCUT2D eigenvalue weighted by Gasteiger charge is 2.30. The lowest BCUT2D eigenvalue weighted by Crippen LogP contribution is -2.55. The van der Waals surface area contributed by atoms with E-state index in [1.54, 1.807) is 27.0 Å². The van der Waals surface area contributed by atoms with Gasteiger partial charge in [0.2, 0.25) is 5.91 Å². The first kappa shape index (κ1) is 33.7. The summed E-state index contributed by atoms with van der Waals surface area (Å²) in [7, 11) is 0. The van der Waals surface area contributed by atoms with Crippen LogP contribution in [0.3, 0.4) is 0 Å². The third-order valence-corrected chi connectivity index (χ3v) is 6.77. The van der Waals surface area contributed by atoms with Gasteiger partial charge in [-0.1, -0.05) is 80.6 Å². The maximum absolute atomic E-state index is 13.6. The molecule has 0 aliphatic carbocycles. The molecule has 232 valence electrons. The van der Waals surface area contributed by atoms with Crippen LogP contribution in [0.2, 0.25) is 0 Å². The molecule has 0 unspecified atom stereocenters. The number of amides is 2. The van der Waals surface area contributed by atoms with Gasteiger partial charge in [-0.2, -0.15) is 5.48 Å². The van der Waals surface area contributed by atoms with E-state index in [1.165, 1.54) is 0 Å². The lowest BCUT2D eigenvalue weighted by atomic mass is 9.93. The number of nitrogens with zero attached hydrogens (tertiary/aromatic N) is 1. The average Bonchev–Trinajstić information content (AvgIpc) is 2.95. The molecule has 3 rings (SSSR count). The third-order valence-electron chi connectivity index (χ3n) is 6.77. The Hall–Kier alpha value is -3.79. The van der Waals surface area contributed by atoms with Crippen LogP contribution in [-0.2, 0) is 33.8 Å². The molecule has 0 bridgehead atoms. The van der Waals surface area contributed by atoms with Crippen LogP contribution in [0.4, 0.5) is 4.79 Å². The highest BCUT2D eigenvalue weighted by Crippen LogP contribution is 2.16. The first-order chi connectivity index (χ1) is 20.5. The Labute approximate surface area is 255 Å². The van der Waals surface area contributed by atoms with Gasteiger partial charge >= 0.3 is 6.09 Å². The van der Waals surface area contributed by atoms with E-state index in [2.05, 4.69) is 21.1 Å². The van der Waals surface area contributed by atoms with Crippen LogP contribution >= 0.6 is 0 Å². The second-order valence-corrected chi connectivity index (χ2v) is 12.1. The molecule has 3 aromatic rings. The van der Waals surface area contributed by atoms with Crippen molar-refractivity contribution in [2.45, 2.75) is 90.3 Å². The SMILES string of the molecule is CC(C)[C@H](NOCc1ccccn1)C(=O)N[C@@H](Cc1ccccc1)[C@@H](O)C[C@H](Cc1ccccc1)NC(=O)OC(C)(C)C. The van der Waals surface area contributed by atoms with Crippen LogP contribution in [0.25, 0.3) is 0 Å². The molecule has 0 saturated heterocycles. The lowest BCUT2D eigenvalue weighted by molar-refractivity contribution is -0.131. The molecule has 0 aliphatic heterocycles. The van der Waals surface area contributed by atoms with Gasteiger partial charge in [0.25, 0.3) is 0 Å². The van der Waals surface area contributed by atoms with Crippen molar-refractivity contribution in [1.29, 1.82) is 0 Å². The number of hydroxylamine groups is 1. The fourth-order valence-electron chi connectivity index (χ4n) is 4.63. The van der Waals surface area contributed by atoms with E-state index in [1.807, 2.05) is 92.7 Å². The van der Waals surface area contributed by atoms with Crippen LogP contribution in [0.15, 0.2) is 85.1 Å². The minimum Gasteiger partial charge on any atom is -0.444 e. The van der Waals surface area contributed by atoms with Crippen LogP contribution in [0.5, 0.6) is 0 Å². The first-order valence-electron chi connectivity index (χ1n) is 14.8. The molecule has 43 heavy (non-hydrogen) atoms. The van der Waals surface area contributed by atoms with Crippen LogP contribution in [0, 0.1) is 5.92 Å². The van der Waals surface area contributed by atoms with Crippen LogP contribution < -0.4 is 16.1 Å². The van der Waals surface area contributed by atoms with Gasteiger partial charge in [-0.3, -0.25) is 14.6 Å². The zero-order chi connectivity index (χ0) is 31.2. The summed E-state index contributed by atoms with van der Waals surface area (Å²) in [6, 6.07) is 23.2. The number of nitrogens with one attached hydrogen (secondary N) is 3. The van der Waals surface area contributed by atoms with Crippen molar-refractivity contribution in [3.63, 3.8) is 0 Å². The molecule has 2 amide bonds. The number of rotatable bonds is 15. The number of benzene rings is 2. The molecule has 4 N–H and O–H groups in total. The number of ether oxygens (including phenoxy) is 1. The number of aromatic nitrogens is 1. The zero-order valence-corrected chi connectivity index (χ0v) is 25.8. The Bertz CT molecular complexity index is 1240. The van der Waals surface area contributed by atoms with Gasteiger partial charge in [0, 0.05) is 12.2 Å². The summed E-state index contributed by atoms with van der Waals surface area (Å²) in [6.45, 7) is 9.45. The summed E-state index contributed by atoms with van der Waals surface area (Å²) in [5.41, 5.74) is 4.93. The molecule has 0 spiro atoms. The number of carbonyl (C=O) groups excluding carboxylic acids is 2. The summed E-state index contributed by atoms with van der Waals surface area (Å²) in [5.74, 6) is -0.395. The molecule has 0 fully saturated rings. The molecule has 0 radical (unpaired) electrons. The van der Waals surface area contributed by atoms with Crippen molar-refractivity contribution < 1.29 is 24.3 Å². The molecule has 4 atom stereocenters. The highest BCUT2D eigenvalue weighted by atomic mass is 16.6. The zero-order valence-electron chi connectivity index (χ0n) is 25.8. The van der Waals surface area contributed by atoms with E-state index in [0.717, 1.165) is 16.8 Å². The third kappa shape index (κ3) is 12.5. The van der Waals surface area contributed by atoms with Crippen molar-refractivity contribution in [3.05, 3.63) is 102 Å². The van der Waals surface area contributed by atoms with E-state index in [9.17, 15) is 14.7 Å². The average molecular weight is 591 g/mol. The number of hydrogen-bond donors (Lipinski definition) is 4. The predicted molar refractivity (Wildman–Crippen MR) is 167 cm³/mol. The maximum atomic E-state index is 13.6. The molecule has 0 saturated carbocycles. The van der Waals surface area contributed by atoms with E-state index in [-0.39, 0.29) is 24.9 Å².